The zero-order valence-electron chi connectivity index (χ0n) is 14.6. The van der Waals surface area contributed by atoms with E-state index in [-0.39, 0.29) is 5.91 Å². The summed E-state index contributed by atoms with van der Waals surface area (Å²) in [7, 11) is 0. The molecule has 2 aromatic carbocycles. The maximum absolute atomic E-state index is 11.4. The van der Waals surface area contributed by atoms with Crippen LogP contribution in [0.4, 0.5) is 0 Å². The lowest BCUT2D eigenvalue weighted by Gasteiger charge is -2.31. The van der Waals surface area contributed by atoms with Crippen LogP contribution in [-0.4, -0.2) is 35.6 Å². The van der Waals surface area contributed by atoms with Gasteiger partial charge in [-0.15, -0.1) is 0 Å². The highest BCUT2D eigenvalue weighted by Gasteiger charge is 2.21. The van der Waals surface area contributed by atoms with Crippen molar-refractivity contribution < 1.29 is 14.6 Å². The van der Waals surface area contributed by atoms with Crippen molar-refractivity contribution in [2.75, 3.05) is 19.7 Å². The van der Waals surface area contributed by atoms with Gasteiger partial charge in [-0.25, -0.2) is 0 Å². The van der Waals surface area contributed by atoms with Gasteiger partial charge in [-0.3, -0.25) is 4.79 Å². The Labute approximate surface area is 149 Å². The van der Waals surface area contributed by atoms with Crippen LogP contribution in [0, 0.1) is 0 Å². The number of para-hydroxylation sites is 1. The summed E-state index contributed by atoms with van der Waals surface area (Å²) in [4.78, 5) is 13.3. The predicted molar refractivity (Wildman–Crippen MR) is 98.0 cm³/mol. The third kappa shape index (κ3) is 4.53. The van der Waals surface area contributed by atoms with Crippen LogP contribution in [0.15, 0.2) is 48.5 Å². The highest BCUT2D eigenvalue weighted by atomic mass is 16.5. The van der Waals surface area contributed by atoms with E-state index in [0.717, 1.165) is 37.2 Å². The van der Waals surface area contributed by atoms with Crippen LogP contribution in [0.5, 0.6) is 11.5 Å². The van der Waals surface area contributed by atoms with Crippen LogP contribution >= 0.6 is 0 Å². The molecular formula is C21H25NO3. The number of aromatic hydroxyl groups is 1. The van der Waals surface area contributed by atoms with E-state index >= 15 is 0 Å². The molecule has 0 aromatic heterocycles. The Balaban J connectivity index is 1.49. The van der Waals surface area contributed by atoms with Gasteiger partial charge in [-0.1, -0.05) is 30.3 Å². The van der Waals surface area contributed by atoms with E-state index in [1.807, 2.05) is 35.2 Å². The lowest BCUT2D eigenvalue weighted by molar-refractivity contribution is -0.129. The van der Waals surface area contributed by atoms with Crippen molar-refractivity contribution in [3.05, 3.63) is 59.7 Å². The third-order valence-corrected chi connectivity index (χ3v) is 4.92. The fourth-order valence-corrected chi connectivity index (χ4v) is 3.37. The summed E-state index contributed by atoms with van der Waals surface area (Å²) in [6.07, 6.45) is 2.72. The second-order valence-corrected chi connectivity index (χ2v) is 6.58. The van der Waals surface area contributed by atoms with Gasteiger partial charge < -0.3 is 14.7 Å². The topological polar surface area (TPSA) is 49.8 Å². The zero-order chi connectivity index (χ0) is 17.6. The number of hydrogen-bond acceptors (Lipinski definition) is 3. The Morgan fingerprint density at radius 2 is 1.80 bits per heavy atom. The third-order valence-electron chi connectivity index (χ3n) is 4.92. The number of rotatable bonds is 5. The fourth-order valence-electron chi connectivity index (χ4n) is 3.37. The summed E-state index contributed by atoms with van der Waals surface area (Å²) in [5, 5.41) is 9.76. The van der Waals surface area contributed by atoms with Gasteiger partial charge in [0.05, 0.1) is 6.61 Å². The average molecular weight is 339 g/mol. The van der Waals surface area contributed by atoms with Crippen molar-refractivity contribution >= 4 is 5.91 Å². The van der Waals surface area contributed by atoms with E-state index in [9.17, 15) is 9.90 Å². The minimum atomic E-state index is 0.173. The maximum atomic E-state index is 11.4. The average Bonchev–Trinajstić information content (AvgIpc) is 2.64. The van der Waals surface area contributed by atoms with Gasteiger partial charge in [0.1, 0.15) is 11.5 Å². The zero-order valence-corrected chi connectivity index (χ0v) is 14.6. The number of phenolic OH excluding ortho intramolecular Hbond substituents is 1. The van der Waals surface area contributed by atoms with Gasteiger partial charge in [-0.2, -0.15) is 0 Å². The van der Waals surface area contributed by atoms with Gasteiger partial charge in [0, 0.05) is 26.4 Å². The molecule has 1 saturated heterocycles. The van der Waals surface area contributed by atoms with Crippen LogP contribution in [0.2, 0.25) is 0 Å². The van der Waals surface area contributed by atoms with Crippen molar-refractivity contribution in [2.24, 2.45) is 0 Å². The van der Waals surface area contributed by atoms with Crippen molar-refractivity contribution in [1.29, 1.82) is 0 Å². The SMILES string of the molecule is CC(=O)N1CCC(c2ccc(OCCc3ccccc3O)cc2)CC1. The molecule has 0 spiro atoms. The molecule has 0 saturated carbocycles. The number of piperidine rings is 1. The number of hydrogen-bond donors (Lipinski definition) is 1. The van der Waals surface area contributed by atoms with Gasteiger partial charge >= 0.3 is 0 Å². The van der Waals surface area contributed by atoms with E-state index in [0.29, 0.717) is 24.7 Å². The van der Waals surface area contributed by atoms with E-state index in [2.05, 4.69) is 12.1 Å². The van der Waals surface area contributed by atoms with Gasteiger partial charge in [0.2, 0.25) is 5.91 Å². The van der Waals surface area contributed by atoms with E-state index in [4.69, 9.17) is 4.74 Å². The lowest BCUT2D eigenvalue weighted by Crippen LogP contribution is -2.36. The molecule has 1 N–H and O–H groups in total. The second kappa shape index (κ2) is 8.06. The minimum absolute atomic E-state index is 0.173. The first-order valence-electron chi connectivity index (χ1n) is 8.88. The first-order valence-corrected chi connectivity index (χ1v) is 8.88. The Bertz CT molecular complexity index is 703. The standard InChI is InChI=1S/C21H25NO3/c1-16(23)22-13-10-18(11-14-22)17-6-8-20(9-7-17)25-15-12-19-4-2-3-5-21(19)24/h2-9,18,24H,10-15H2,1H3. The molecule has 1 aliphatic heterocycles. The number of likely N-dealkylation sites (tertiary alicyclic amines) is 1. The Kier molecular flexibility index (Phi) is 5.59. The van der Waals surface area contributed by atoms with Crippen LogP contribution in [0.1, 0.15) is 36.8 Å². The summed E-state index contributed by atoms with van der Waals surface area (Å²) in [5.41, 5.74) is 2.22. The number of nitrogens with zero attached hydrogens (tertiary/aromatic N) is 1. The first kappa shape index (κ1) is 17.3. The molecule has 0 bridgehead atoms. The molecular weight excluding hydrogens is 314 g/mol. The van der Waals surface area contributed by atoms with Gasteiger partial charge in [0.15, 0.2) is 0 Å². The summed E-state index contributed by atoms with van der Waals surface area (Å²) >= 11 is 0. The van der Waals surface area contributed by atoms with Gasteiger partial charge in [0.25, 0.3) is 0 Å². The fraction of sp³-hybridized carbons (Fsp3) is 0.381. The van der Waals surface area contributed by atoms with E-state index in [1.165, 1.54) is 5.56 Å². The Morgan fingerprint density at radius 1 is 1.12 bits per heavy atom. The number of phenols is 1. The number of ether oxygens (including phenoxy) is 1. The summed E-state index contributed by atoms with van der Waals surface area (Å²) < 4.78 is 5.79. The maximum Gasteiger partial charge on any atom is 0.219 e. The number of carbonyl (C=O) groups excluding carboxylic acids is 1. The van der Waals surface area contributed by atoms with Crippen molar-refractivity contribution in [3.63, 3.8) is 0 Å². The summed E-state index contributed by atoms with van der Waals surface area (Å²) in [6, 6.07) is 15.6. The molecule has 0 radical (unpaired) electrons. The molecule has 25 heavy (non-hydrogen) atoms. The molecule has 0 atom stereocenters. The quantitative estimate of drug-likeness (QED) is 0.903. The van der Waals surface area contributed by atoms with Crippen molar-refractivity contribution in [3.8, 4) is 11.5 Å². The first-order chi connectivity index (χ1) is 12.1. The lowest BCUT2D eigenvalue weighted by atomic mass is 9.89. The molecule has 4 nitrogen and oxygen atoms in total. The molecule has 132 valence electrons. The molecule has 2 aromatic rings. The predicted octanol–water partition coefficient (Wildman–Crippen LogP) is 3.74. The highest BCUT2D eigenvalue weighted by molar-refractivity contribution is 5.73. The molecule has 0 unspecified atom stereocenters. The van der Waals surface area contributed by atoms with E-state index < -0.39 is 0 Å². The summed E-state index contributed by atoms with van der Waals surface area (Å²) in [6.45, 7) is 3.87. The van der Waals surface area contributed by atoms with E-state index in [1.54, 1.807) is 13.0 Å². The normalized spacial score (nSPS) is 15.2. The van der Waals surface area contributed by atoms with Crippen LogP contribution < -0.4 is 4.74 Å². The van der Waals surface area contributed by atoms with Crippen molar-refractivity contribution in [1.82, 2.24) is 4.90 Å². The number of amides is 1. The molecule has 1 heterocycles. The van der Waals surface area contributed by atoms with Crippen LogP contribution in [-0.2, 0) is 11.2 Å². The molecule has 4 heteroatoms. The second-order valence-electron chi connectivity index (χ2n) is 6.58. The minimum Gasteiger partial charge on any atom is -0.508 e. The highest BCUT2D eigenvalue weighted by Crippen LogP contribution is 2.29. The molecule has 1 amide bonds. The van der Waals surface area contributed by atoms with Crippen LogP contribution in [0.3, 0.4) is 0 Å². The van der Waals surface area contributed by atoms with Crippen molar-refractivity contribution in [2.45, 2.75) is 32.1 Å². The molecule has 0 aliphatic carbocycles. The van der Waals surface area contributed by atoms with Gasteiger partial charge in [-0.05, 0) is 48.1 Å². The Hall–Kier alpha value is -2.49. The monoisotopic (exact) mass is 339 g/mol. The summed E-state index contributed by atoms with van der Waals surface area (Å²) in [5.74, 6) is 1.86. The Morgan fingerprint density at radius 3 is 2.44 bits per heavy atom. The molecule has 3 rings (SSSR count). The largest absolute Gasteiger partial charge is 0.508 e. The van der Waals surface area contributed by atoms with Crippen LogP contribution in [0.25, 0.3) is 0 Å². The smallest absolute Gasteiger partial charge is 0.219 e. The number of carbonyl (C=O) groups is 1. The molecule has 1 aliphatic rings. The molecule has 1 fully saturated rings. The number of benzene rings is 2.